The third kappa shape index (κ3) is 2.63. The molecule has 0 bridgehead atoms. The van der Waals surface area contributed by atoms with E-state index in [4.69, 9.17) is 5.73 Å². The molecule has 2 aromatic carbocycles. The molecule has 2 rings (SSSR count). The van der Waals surface area contributed by atoms with Crippen LogP contribution in [0.1, 0.15) is 17.3 Å². The number of nitrogens with two attached hydrogens (primary N) is 1. The fraction of sp³-hybridized carbons (Fsp3) is 0.0667. The first-order valence-electron chi connectivity index (χ1n) is 5.68. The maximum absolute atomic E-state index is 12.1. The number of para-hydroxylation sites is 2. The second kappa shape index (κ2) is 5.27. The highest BCUT2D eigenvalue weighted by Crippen LogP contribution is 2.21. The van der Waals surface area contributed by atoms with E-state index in [0.717, 1.165) is 0 Å². The Morgan fingerprint density at radius 3 is 2.28 bits per heavy atom. The quantitative estimate of drug-likeness (QED) is 0.507. The van der Waals surface area contributed by atoms with E-state index in [1.54, 1.807) is 31.2 Å². The van der Waals surface area contributed by atoms with Crippen LogP contribution in [0.25, 0.3) is 0 Å². The van der Waals surface area contributed by atoms with E-state index in [1.807, 2.05) is 30.3 Å². The van der Waals surface area contributed by atoms with Gasteiger partial charge in [0.05, 0.1) is 17.1 Å². The van der Waals surface area contributed by atoms with Gasteiger partial charge in [-0.25, -0.2) is 4.99 Å². The number of carbonyl (C=O) groups is 1. The van der Waals surface area contributed by atoms with Gasteiger partial charge in [-0.05, 0) is 19.1 Å². The molecule has 0 heterocycles. The Kier molecular flexibility index (Phi) is 3.53. The zero-order valence-corrected chi connectivity index (χ0v) is 10.1. The first-order chi connectivity index (χ1) is 8.68. The molecule has 0 aliphatic rings. The Morgan fingerprint density at radius 2 is 1.61 bits per heavy atom. The Labute approximate surface area is 106 Å². The number of nitrogens with zero attached hydrogens (tertiary/aromatic N) is 1. The van der Waals surface area contributed by atoms with E-state index >= 15 is 0 Å². The molecule has 18 heavy (non-hydrogen) atoms. The van der Waals surface area contributed by atoms with Gasteiger partial charge in [0.15, 0.2) is 0 Å². The second-order valence-electron chi connectivity index (χ2n) is 3.95. The van der Waals surface area contributed by atoms with E-state index < -0.39 is 0 Å². The molecule has 0 fully saturated rings. The molecule has 2 N–H and O–H groups in total. The van der Waals surface area contributed by atoms with E-state index in [2.05, 4.69) is 4.99 Å². The predicted octanol–water partition coefficient (Wildman–Crippen LogP) is 3.24. The topological polar surface area (TPSA) is 55.4 Å². The van der Waals surface area contributed by atoms with Crippen molar-refractivity contribution in [1.29, 1.82) is 0 Å². The van der Waals surface area contributed by atoms with Gasteiger partial charge in [-0.3, -0.25) is 4.79 Å². The molecule has 0 amide bonds. The fourth-order valence-electron chi connectivity index (χ4n) is 1.62. The number of rotatable bonds is 3. The first-order valence-corrected chi connectivity index (χ1v) is 5.68. The molecule has 0 atom stereocenters. The molecule has 3 heteroatoms. The minimum absolute atomic E-state index is 0.0844. The minimum Gasteiger partial charge on any atom is -0.397 e. The highest BCUT2D eigenvalue weighted by Gasteiger charge is 2.09. The van der Waals surface area contributed by atoms with Crippen LogP contribution >= 0.6 is 0 Å². The van der Waals surface area contributed by atoms with Gasteiger partial charge in [0, 0.05) is 5.56 Å². The van der Waals surface area contributed by atoms with Crippen LogP contribution in [0.4, 0.5) is 11.4 Å². The Bertz CT molecular complexity index is 588. The molecule has 2 aromatic rings. The van der Waals surface area contributed by atoms with Crippen molar-refractivity contribution in [2.45, 2.75) is 6.92 Å². The number of nitrogen functional groups attached to an aromatic ring is 1. The summed E-state index contributed by atoms with van der Waals surface area (Å²) in [7, 11) is 0. The number of aliphatic imine (C=N–C) groups is 1. The number of anilines is 1. The Hall–Kier alpha value is -2.42. The van der Waals surface area contributed by atoms with Gasteiger partial charge < -0.3 is 5.73 Å². The van der Waals surface area contributed by atoms with Crippen LogP contribution < -0.4 is 5.73 Å². The smallest absolute Gasteiger partial charge is 0.206 e. The van der Waals surface area contributed by atoms with Gasteiger partial charge in [0.25, 0.3) is 0 Å². The molecule has 0 spiro atoms. The van der Waals surface area contributed by atoms with E-state index in [9.17, 15) is 4.79 Å². The van der Waals surface area contributed by atoms with Gasteiger partial charge in [-0.2, -0.15) is 0 Å². The average molecular weight is 238 g/mol. The summed E-state index contributed by atoms with van der Waals surface area (Å²) in [5.41, 5.74) is 8.04. The summed E-state index contributed by atoms with van der Waals surface area (Å²) in [6.07, 6.45) is 0. The summed E-state index contributed by atoms with van der Waals surface area (Å²) < 4.78 is 0. The summed E-state index contributed by atoms with van der Waals surface area (Å²) >= 11 is 0. The fourth-order valence-corrected chi connectivity index (χ4v) is 1.62. The van der Waals surface area contributed by atoms with Crippen molar-refractivity contribution in [2.24, 2.45) is 4.99 Å². The van der Waals surface area contributed by atoms with Crippen LogP contribution in [-0.4, -0.2) is 11.5 Å². The normalized spacial score (nSPS) is 11.3. The van der Waals surface area contributed by atoms with Crippen LogP contribution in [0.2, 0.25) is 0 Å². The highest BCUT2D eigenvalue weighted by atomic mass is 16.1. The van der Waals surface area contributed by atoms with Gasteiger partial charge >= 0.3 is 0 Å². The largest absolute Gasteiger partial charge is 0.397 e. The average Bonchev–Trinajstić information content (AvgIpc) is 2.41. The highest BCUT2D eigenvalue weighted by molar-refractivity contribution is 6.45. The van der Waals surface area contributed by atoms with Crippen molar-refractivity contribution in [3.8, 4) is 0 Å². The maximum Gasteiger partial charge on any atom is 0.206 e. The van der Waals surface area contributed by atoms with Gasteiger partial charge in [0.1, 0.15) is 0 Å². The molecule has 0 saturated carbocycles. The predicted molar refractivity (Wildman–Crippen MR) is 74.4 cm³/mol. The number of hydrogen-bond acceptors (Lipinski definition) is 3. The maximum atomic E-state index is 12.1. The number of benzene rings is 2. The van der Waals surface area contributed by atoms with Crippen molar-refractivity contribution < 1.29 is 4.79 Å². The third-order valence-corrected chi connectivity index (χ3v) is 2.59. The van der Waals surface area contributed by atoms with Gasteiger partial charge in [0.2, 0.25) is 5.78 Å². The Balaban J connectivity index is 2.30. The summed E-state index contributed by atoms with van der Waals surface area (Å²) in [6.45, 7) is 1.70. The lowest BCUT2D eigenvalue weighted by Gasteiger charge is -2.02. The summed E-state index contributed by atoms with van der Waals surface area (Å²) in [5, 5.41) is 0. The zero-order valence-electron chi connectivity index (χ0n) is 10.1. The van der Waals surface area contributed by atoms with Crippen LogP contribution in [0.15, 0.2) is 59.6 Å². The van der Waals surface area contributed by atoms with Crippen molar-refractivity contribution in [2.75, 3.05) is 5.73 Å². The molecule has 0 unspecified atom stereocenters. The number of Topliss-reactive ketones (excluding diaryl/α,β-unsaturated/α-hetero) is 1. The molecule has 0 aliphatic carbocycles. The summed E-state index contributed by atoms with van der Waals surface area (Å²) in [4.78, 5) is 16.4. The SMILES string of the molecule is CC(=Nc1ccccc1N)C(=O)c1ccccc1. The molecule has 0 saturated heterocycles. The van der Waals surface area contributed by atoms with Crippen LogP contribution in [0.5, 0.6) is 0 Å². The zero-order chi connectivity index (χ0) is 13.0. The monoisotopic (exact) mass is 238 g/mol. The van der Waals surface area contributed by atoms with E-state index in [-0.39, 0.29) is 5.78 Å². The lowest BCUT2D eigenvalue weighted by atomic mass is 10.1. The van der Waals surface area contributed by atoms with Gasteiger partial charge in [-0.15, -0.1) is 0 Å². The summed E-state index contributed by atoms with van der Waals surface area (Å²) in [5.74, 6) is -0.0844. The molecule has 3 nitrogen and oxygen atoms in total. The minimum atomic E-state index is -0.0844. The van der Waals surface area contributed by atoms with Gasteiger partial charge in [-0.1, -0.05) is 42.5 Å². The lowest BCUT2D eigenvalue weighted by molar-refractivity contribution is 0.106. The van der Waals surface area contributed by atoms with E-state index in [0.29, 0.717) is 22.6 Å². The van der Waals surface area contributed by atoms with Crippen molar-refractivity contribution in [3.05, 3.63) is 60.2 Å². The Morgan fingerprint density at radius 1 is 1.00 bits per heavy atom. The van der Waals surface area contributed by atoms with Crippen molar-refractivity contribution >= 4 is 22.9 Å². The van der Waals surface area contributed by atoms with Crippen molar-refractivity contribution in [3.63, 3.8) is 0 Å². The molecule has 0 aromatic heterocycles. The first kappa shape index (κ1) is 12.0. The van der Waals surface area contributed by atoms with Crippen molar-refractivity contribution in [1.82, 2.24) is 0 Å². The molecule has 90 valence electrons. The van der Waals surface area contributed by atoms with Crippen LogP contribution in [0.3, 0.4) is 0 Å². The van der Waals surface area contributed by atoms with E-state index in [1.165, 1.54) is 0 Å². The van der Waals surface area contributed by atoms with Crippen LogP contribution in [-0.2, 0) is 0 Å². The number of carbonyl (C=O) groups excluding carboxylic acids is 1. The standard InChI is InChI=1S/C15H14N2O/c1-11(15(18)12-7-3-2-4-8-12)17-14-10-6-5-9-13(14)16/h2-10H,16H2,1H3. The molecule has 0 aliphatic heterocycles. The molecular weight excluding hydrogens is 224 g/mol. The lowest BCUT2D eigenvalue weighted by Crippen LogP contribution is -2.10. The number of hydrogen-bond donors (Lipinski definition) is 1. The summed E-state index contributed by atoms with van der Waals surface area (Å²) in [6, 6.07) is 16.3. The van der Waals surface area contributed by atoms with Crippen LogP contribution in [0, 0.1) is 0 Å². The molecule has 0 radical (unpaired) electrons. The number of ketones is 1. The second-order valence-corrected chi connectivity index (χ2v) is 3.95. The third-order valence-electron chi connectivity index (χ3n) is 2.59. The molecular formula is C15H14N2O.